The molecule has 30 heavy (non-hydrogen) atoms. The summed E-state index contributed by atoms with van der Waals surface area (Å²) in [6.45, 7) is 0.417. The predicted octanol–water partition coefficient (Wildman–Crippen LogP) is 3.86. The zero-order valence-electron chi connectivity index (χ0n) is 16.9. The van der Waals surface area contributed by atoms with Crippen LogP contribution in [0.2, 0.25) is 0 Å². The summed E-state index contributed by atoms with van der Waals surface area (Å²) in [5, 5.41) is 14.7. The molecule has 8 nitrogen and oxygen atoms in total. The van der Waals surface area contributed by atoms with Crippen molar-refractivity contribution < 1.29 is 28.3 Å². The third-order valence-electron chi connectivity index (χ3n) is 4.92. The summed E-state index contributed by atoms with van der Waals surface area (Å²) in [4.78, 5) is 9.34. The Kier molecular flexibility index (Phi) is 9.10. The van der Waals surface area contributed by atoms with Gasteiger partial charge in [0.25, 0.3) is 0 Å². The molecule has 0 radical (unpaired) electrons. The summed E-state index contributed by atoms with van der Waals surface area (Å²) < 4.78 is 33.5. The molecule has 2 aromatic carbocycles. The van der Waals surface area contributed by atoms with E-state index in [1.165, 1.54) is 6.42 Å². The van der Waals surface area contributed by atoms with Crippen molar-refractivity contribution in [1.29, 1.82) is 0 Å². The maximum Gasteiger partial charge on any atom is 0.428 e. The number of amides is 1. The quantitative estimate of drug-likeness (QED) is 0.468. The van der Waals surface area contributed by atoms with Gasteiger partial charge in [-0.15, -0.1) is 0 Å². The SMILES string of the molecule is COc1ccc(S(=O)(=O)N(Cc2ccccc2)C2CCCCC2)cc1.O=C(O)NO. The Morgan fingerprint density at radius 1 is 1.07 bits per heavy atom. The first-order chi connectivity index (χ1) is 14.4. The second-order valence-electron chi connectivity index (χ2n) is 6.92. The molecule has 0 aliphatic heterocycles. The summed E-state index contributed by atoms with van der Waals surface area (Å²) in [6.07, 6.45) is 3.80. The number of rotatable bonds is 6. The molecule has 3 N–H and O–H groups in total. The molecule has 1 amide bonds. The first-order valence-electron chi connectivity index (χ1n) is 9.71. The molecule has 1 saturated carbocycles. The van der Waals surface area contributed by atoms with Crippen molar-refractivity contribution in [2.45, 2.75) is 49.6 Å². The van der Waals surface area contributed by atoms with E-state index in [0.717, 1.165) is 36.7 Å². The van der Waals surface area contributed by atoms with E-state index in [9.17, 15) is 8.42 Å². The topological polar surface area (TPSA) is 116 Å². The van der Waals surface area contributed by atoms with E-state index >= 15 is 0 Å². The first kappa shape index (κ1) is 23.7. The van der Waals surface area contributed by atoms with Crippen LogP contribution in [-0.2, 0) is 16.6 Å². The number of ether oxygens (including phenoxy) is 1. The number of hydrogen-bond donors (Lipinski definition) is 3. The van der Waals surface area contributed by atoms with Gasteiger partial charge in [-0.1, -0.05) is 49.6 Å². The fraction of sp³-hybridized carbons (Fsp3) is 0.381. The van der Waals surface area contributed by atoms with Crippen molar-refractivity contribution in [2.24, 2.45) is 0 Å². The van der Waals surface area contributed by atoms with Crippen LogP contribution >= 0.6 is 0 Å². The predicted molar refractivity (Wildman–Crippen MR) is 112 cm³/mol. The highest BCUT2D eigenvalue weighted by Crippen LogP contribution is 2.30. The molecule has 3 rings (SSSR count). The molecule has 0 bridgehead atoms. The first-order valence-corrected chi connectivity index (χ1v) is 11.2. The van der Waals surface area contributed by atoms with E-state index < -0.39 is 16.1 Å². The number of nitrogens with one attached hydrogen (secondary N) is 1. The minimum absolute atomic E-state index is 0.0704. The van der Waals surface area contributed by atoms with Gasteiger partial charge < -0.3 is 9.84 Å². The molecule has 0 saturated heterocycles. The Hall–Kier alpha value is -2.62. The molecule has 0 spiro atoms. The number of hydroxylamine groups is 1. The van der Waals surface area contributed by atoms with E-state index in [0.29, 0.717) is 17.2 Å². The molecular weight excluding hydrogens is 408 g/mol. The summed E-state index contributed by atoms with van der Waals surface area (Å²) in [7, 11) is -1.97. The molecule has 0 atom stereocenters. The molecule has 1 aliphatic rings. The van der Waals surface area contributed by atoms with Gasteiger partial charge in [0.1, 0.15) is 5.75 Å². The lowest BCUT2D eigenvalue weighted by Crippen LogP contribution is -2.40. The lowest BCUT2D eigenvalue weighted by atomic mass is 9.95. The smallest absolute Gasteiger partial charge is 0.428 e. The van der Waals surface area contributed by atoms with Crippen molar-refractivity contribution >= 4 is 16.1 Å². The van der Waals surface area contributed by atoms with E-state index in [4.69, 9.17) is 19.8 Å². The second-order valence-corrected chi connectivity index (χ2v) is 8.81. The van der Waals surface area contributed by atoms with Gasteiger partial charge in [0.15, 0.2) is 0 Å². The average molecular weight is 437 g/mol. The minimum atomic E-state index is -3.55. The highest BCUT2D eigenvalue weighted by Gasteiger charge is 2.32. The largest absolute Gasteiger partial charge is 0.497 e. The van der Waals surface area contributed by atoms with Crippen molar-refractivity contribution in [3.8, 4) is 5.75 Å². The molecular formula is C21H28N2O6S. The van der Waals surface area contributed by atoms with Crippen LogP contribution < -0.4 is 10.2 Å². The molecule has 164 valence electrons. The third kappa shape index (κ3) is 6.72. The average Bonchev–Trinajstić information content (AvgIpc) is 2.79. The monoisotopic (exact) mass is 436 g/mol. The van der Waals surface area contributed by atoms with E-state index in [2.05, 4.69) is 0 Å². The van der Waals surface area contributed by atoms with Crippen molar-refractivity contribution in [1.82, 2.24) is 9.79 Å². The highest BCUT2D eigenvalue weighted by molar-refractivity contribution is 7.89. The van der Waals surface area contributed by atoms with Gasteiger partial charge in [-0.25, -0.2) is 18.7 Å². The zero-order valence-corrected chi connectivity index (χ0v) is 17.7. The van der Waals surface area contributed by atoms with E-state index in [1.807, 2.05) is 30.3 Å². The Morgan fingerprint density at radius 2 is 1.63 bits per heavy atom. The number of methoxy groups -OCH3 is 1. The Morgan fingerprint density at radius 3 is 2.13 bits per heavy atom. The van der Waals surface area contributed by atoms with Gasteiger partial charge in [0.05, 0.1) is 12.0 Å². The maximum absolute atomic E-state index is 13.3. The molecule has 1 aliphatic carbocycles. The van der Waals surface area contributed by atoms with Gasteiger partial charge in [-0.3, -0.25) is 5.21 Å². The number of sulfonamides is 1. The Balaban J connectivity index is 0.000000575. The van der Waals surface area contributed by atoms with Crippen LogP contribution in [0.15, 0.2) is 59.5 Å². The molecule has 0 unspecified atom stereocenters. The number of hydrogen-bond acceptors (Lipinski definition) is 5. The normalized spacial score (nSPS) is 14.5. The molecule has 1 fully saturated rings. The van der Waals surface area contributed by atoms with Crippen LogP contribution in [0.5, 0.6) is 5.75 Å². The summed E-state index contributed by atoms with van der Waals surface area (Å²) >= 11 is 0. The summed E-state index contributed by atoms with van der Waals surface area (Å²) in [6, 6.07) is 16.6. The second kappa shape index (κ2) is 11.5. The van der Waals surface area contributed by atoms with Crippen molar-refractivity contribution in [3.63, 3.8) is 0 Å². The zero-order chi connectivity index (χ0) is 22.0. The minimum Gasteiger partial charge on any atom is -0.497 e. The third-order valence-corrected chi connectivity index (χ3v) is 6.84. The lowest BCUT2D eigenvalue weighted by Gasteiger charge is -2.33. The van der Waals surface area contributed by atoms with Crippen LogP contribution in [0, 0.1) is 0 Å². The van der Waals surface area contributed by atoms with Gasteiger partial charge in [-0.05, 0) is 42.7 Å². The lowest BCUT2D eigenvalue weighted by molar-refractivity contribution is 0.122. The van der Waals surface area contributed by atoms with Gasteiger partial charge in [-0.2, -0.15) is 4.31 Å². The van der Waals surface area contributed by atoms with Crippen LogP contribution in [0.3, 0.4) is 0 Å². The van der Waals surface area contributed by atoms with Crippen LogP contribution in [0.4, 0.5) is 4.79 Å². The standard InChI is InChI=1S/C20H25NO3S.CH3NO3/c1-24-19-12-14-20(15-13-19)25(22,23)21(18-10-6-3-7-11-18)16-17-8-4-2-5-9-17;3-1(4)2-5/h2,4-5,8-9,12-15,18H,3,6-7,10-11,16H2,1H3;2,5H,(H,3,4). The summed E-state index contributed by atoms with van der Waals surface area (Å²) in [5.74, 6) is 0.659. The fourth-order valence-corrected chi connectivity index (χ4v) is 5.10. The summed E-state index contributed by atoms with van der Waals surface area (Å²) in [5.41, 5.74) is 1.96. The molecule has 2 aromatic rings. The molecule has 0 heterocycles. The Labute approximate surface area is 177 Å². The van der Waals surface area contributed by atoms with Crippen LogP contribution in [0.1, 0.15) is 37.7 Å². The molecule has 0 aromatic heterocycles. The fourth-order valence-electron chi connectivity index (χ4n) is 3.43. The van der Waals surface area contributed by atoms with E-state index in [1.54, 1.807) is 35.7 Å². The molecule has 9 heteroatoms. The van der Waals surface area contributed by atoms with Crippen LogP contribution in [-0.4, -0.2) is 42.3 Å². The van der Waals surface area contributed by atoms with Crippen molar-refractivity contribution in [3.05, 3.63) is 60.2 Å². The van der Waals surface area contributed by atoms with Gasteiger partial charge >= 0.3 is 6.09 Å². The van der Waals surface area contributed by atoms with Crippen LogP contribution in [0.25, 0.3) is 0 Å². The number of carbonyl (C=O) groups is 1. The van der Waals surface area contributed by atoms with Gasteiger partial charge in [0.2, 0.25) is 10.0 Å². The van der Waals surface area contributed by atoms with Crippen molar-refractivity contribution in [2.75, 3.05) is 7.11 Å². The Bertz CT molecular complexity index is 881. The maximum atomic E-state index is 13.3. The number of benzene rings is 2. The highest BCUT2D eigenvalue weighted by atomic mass is 32.2. The number of nitrogens with zero attached hydrogens (tertiary/aromatic N) is 1. The number of carboxylic acid groups (broad SMARTS) is 1. The van der Waals surface area contributed by atoms with E-state index in [-0.39, 0.29) is 6.04 Å². The van der Waals surface area contributed by atoms with Gasteiger partial charge in [0, 0.05) is 12.6 Å².